The number of carbonyl (C=O) groups is 2. The molecule has 0 saturated heterocycles. The molecule has 92 valence electrons. The lowest BCUT2D eigenvalue weighted by Gasteiger charge is -1.96. The fourth-order valence-electron chi connectivity index (χ4n) is 0.122. The summed E-state index contributed by atoms with van der Waals surface area (Å²) in [5, 5.41) is 28.5. The van der Waals surface area contributed by atoms with Crippen LogP contribution in [0.3, 0.4) is 0 Å². The van der Waals surface area contributed by atoms with Crippen LogP contribution in [0.4, 0.5) is 9.59 Å². The van der Waals surface area contributed by atoms with Gasteiger partial charge in [-0.15, -0.1) is 0 Å². The second-order valence-corrected chi connectivity index (χ2v) is 1.78. The van der Waals surface area contributed by atoms with E-state index in [1.165, 1.54) is 0 Å². The van der Waals surface area contributed by atoms with Crippen molar-refractivity contribution in [3.05, 3.63) is 0 Å². The fraction of sp³-hybridized carbons (Fsp3) is 0.600. The van der Waals surface area contributed by atoms with Crippen molar-refractivity contribution in [1.29, 1.82) is 0 Å². The highest BCUT2D eigenvalue weighted by Crippen LogP contribution is 1.90. The van der Waals surface area contributed by atoms with Crippen LogP contribution in [0.15, 0.2) is 0 Å². The van der Waals surface area contributed by atoms with E-state index in [0.29, 0.717) is 0 Å². The molecule has 15 heavy (non-hydrogen) atoms. The van der Waals surface area contributed by atoms with Gasteiger partial charge in [-0.05, 0) is 0 Å². The zero-order chi connectivity index (χ0) is 12.7. The zero-order valence-electron chi connectivity index (χ0n) is 7.30. The van der Waals surface area contributed by atoms with Crippen molar-refractivity contribution in [2.75, 3.05) is 20.4 Å². The first-order chi connectivity index (χ1) is 6.95. The van der Waals surface area contributed by atoms with E-state index >= 15 is 0 Å². The summed E-state index contributed by atoms with van der Waals surface area (Å²) in [7, 11) is 0. The molecule has 0 saturated carbocycles. The number of rotatable bonds is 2. The van der Waals surface area contributed by atoms with E-state index in [9.17, 15) is 9.59 Å². The summed E-state index contributed by atoms with van der Waals surface area (Å²) in [6, 6.07) is 0. The van der Waals surface area contributed by atoms with Gasteiger partial charge in [0.1, 0.15) is 13.6 Å². The van der Waals surface area contributed by atoms with Gasteiger partial charge in [0.05, 0.1) is 0 Å². The molecule has 8 nitrogen and oxygen atoms in total. The first-order valence-electron chi connectivity index (χ1n) is 3.04. The number of carbonyl (C=O) groups excluding carboxylic acids is 2. The summed E-state index contributed by atoms with van der Waals surface area (Å²) in [5.41, 5.74) is -2.10. The van der Waals surface area contributed by atoms with Crippen molar-refractivity contribution in [2.24, 2.45) is 0 Å². The van der Waals surface area contributed by atoms with Gasteiger partial charge in [-0.25, -0.2) is 9.59 Å². The molecule has 0 aliphatic heterocycles. The van der Waals surface area contributed by atoms with Crippen molar-refractivity contribution in [3.8, 4) is 0 Å². The molecule has 0 fully saturated rings. The highest BCUT2D eigenvalue weighted by Gasteiger charge is 1.97. The smallest absolute Gasteiger partial charge is 0.406 e. The summed E-state index contributed by atoms with van der Waals surface area (Å²) in [6.07, 6.45) is 0. The van der Waals surface area contributed by atoms with E-state index in [1.807, 2.05) is 0 Å². The summed E-state index contributed by atoms with van der Waals surface area (Å²) in [6.45, 7) is -2.05. The Bertz CT molecular complexity index is 136. The first-order valence-corrected chi connectivity index (χ1v) is 3.79. The molecule has 0 amide bonds. The maximum Gasteiger partial charge on any atom is 0.406 e. The predicted molar refractivity (Wildman–Crippen MR) is 48.1 cm³/mol. The van der Waals surface area contributed by atoms with Crippen molar-refractivity contribution in [3.63, 3.8) is 0 Å². The molecular weight excluding hydrogens is 259 g/mol. The average molecular weight is 269 g/mol. The van der Waals surface area contributed by atoms with Crippen molar-refractivity contribution in [1.82, 2.24) is 0 Å². The van der Waals surface area contributed by atoms with Crippen LogP contribution in [0.2, 0.25) is 0 Å². The van der Waals surface area contributed by atoms with E-state index in [0.717, 1.165) is 0 Å². The van der Waals surface area contributed by atoms with Crippen LogP contribution in [0, 0.1) is 0 Å². The van der Waals surface area contributed by atoms with Crippen LogP contribution in [0.1, 0.15) is 0 Å². The molecule has 10 heteroatoms. The molecule has 0 aliphatic carbocycles. The van der Waals surface area contributed by atoms with Crippen LogP contribution in [0.25, 0.3) is 0 Å². The minimum Gasteiger partial charge on any atom is -0.416 e. The standard InChI is InChI=1S/C3H2Cl2O4.2CH4O2/c4-2(6)8-1-9-3(5)7;2*2-1-3/h1H2;2*2-3H,1H2. The second-order valence-electron chi connectivity index (χ2n) is 1.16. The van der Waals surface area contributed by atoms with Crippen LogP contribution >= 0.6 is 23.2 Å². The Morgan fingerprint density at radius 1 is 0.867 bits per heavy atom. The van der Waals surface area contributed by atoms with Crippen LogP contribution < -0.4 is 0 Å². The van der Waals surface area contributed by atoms with Crippen LogP contribution in [-0.4, -0.2) is 51.7 Å². The van der Waals surface area contributed by atoms with Gasteiger partial charge in [-0.2, -0.15) is 0 Å². The number of ether oxygens (including phenoxy) is 2. The van der Waals surface area contributed by atoms with Gasteiger partial charge in [0.15, 0.2) is 0 Å². The summed E-state index contributed by atoms with van der Waals surface area (Å²) in [5.74, 6) is 0. The maximum absolute atomic E-state index is 9.73. The minimum atomic E-state index is -1.05. The third-order valence-corrected chi connectivity index (χ3v) is 0.563. The quantitative estimate of drug-likeness (QED) is 0.391. The molecule has 0 aromatic rings. The summed E-state index contributed by atoms with van der Waals surface area (Å²) in [4.78, 5) is 19.5. The highest BCUT2D eigenvalue weighted by molar-refractivity contribution is 6.61. The fourth-order valence-corrected chi connectivity index (χ4v) is 0.211. The predicted octanol–water partition coefficient (Wildman–Crippen LogP) is -0.448. The molecule has 0 bridgehead atoms. The topological polar surface area (TPSA) is 134 Å². The Balaban J connectivity index is -0.000000200. The number of aliphatic hydroxyl groups excluding tert-OH is 2. The average Bonchev–Trinajstić information content (AvgIpc) is 2.05. The van der Waals surface area contributed by atoms with Gasteiger partial charge < -0.3 is 29.9 Å². The minimum absolute atomic E-state index is 0.551. The molecule has 4 N–H and O–H groups in total. The molecule has 0 radical (unpaired) electrons. The van der Waals surface area contributed by atoms with Crippen molar-refractivity contribution >= 4 is 34.1 Å². The molecular formula is C5H10Cl2O8. The van der Waals surface area contributed by atoms with Crippen LogP contribution in [-0.2, 0) is 9.47 Å². The van der Waals surface area contributed by atoms with E-state index in [1.54, 1.807) is 0 Å². The second kappa shape index (κ2) is 19.0. The Morgan fingerprint density at radius 3 is 1.20 bits per heavy atom. The molecule has 0 unspecified atom stereocenters. The van der Waals surface area contributed by atoms with E-state index in [-0.39, 0.29) is 0 Å². The lowest BCUT2D eigenvalue weighted by molar-refractivity contribution is 0.0475. The molecule has 0 spiro atoms. The van der Waals surface area contributed by atoms with Gasteiger partial charge in [0.2, 0.25) is 6.79 Å². The van der Waals surface area contributed by atoms with Gasteiger partial charge in [-0.1, -0.05) is 0 Å². The Labute approximate surface area is 94.5 Å². The lowest BCUT2D eigenvalue weighted by Crippen LogP contribution is -2.02. The first kappa shape index (κ1) is 19.9. The third kappa shape index (κ3) is 60.0. The molecule has 0 heterocycles. The molecule has 0 aromatic carbocycles. The van der Waals surface area contributed by atoms with Crippen molar-refractivity contribution in [2.45, 2.75) is 0 Å². The molecule has 0 atom stereocenters. The number of hydrogen-bond donors (Lipinski definition) is 4. The normalized spacial score (nSPS) is 7.33. The lowest BCUT2D eigenvalue weighted by atomic mass is 11.3. The summed E-state index contributed by atoms with van der Waals surface area (Å²) < 4.78 is 7.90. The molecule has 0 aliphatic rings. The largest absolute Gasteiger partial charge is 0.416 e. The van der Waals surface area contributed by atoms with E-state index in [4.69, 9.17) is 20.4 Å². The molecule has 0 rings (SSSR count). The molecule has 0 aromatic heterocycles. The van der Waals surface area contributed by atoms with Gasteiger partial charge in [0, 0.05) is 23.2 Å². The highest BCUT2D eigenvalue weighted by atomic mass is 35.5. The van der Waals surface area contributed by atoms with Crippen LogP contribution in [0.5, 0.6) is 0 Å². The monoisotopic (exact) mass is 268 g/mol. The number of hydrogen-bond acceptors (Lipinski definition) is 8. The van der Waals surface area contributed by atoms with E-state index in [2.05, 4.69) is 32.7 Å². The third-order valence-electron chi connectivity index (χ3n) is 0.345. The summed E-state index contributed by atoms with van der Waals surface area (Å²) >= 11 is 9.33. The van der Waals surface area contributed by atoms with Crippen molar-refractivity contribution < 1.29 is 39.5 Å². The van der Waals surface area contributed by atoms with E-state index < -0.39 is 31.2 Å². The zero-order valence-corrected chi connectivity index (χ0v) is 8.81. The van der Waals surface area contributed by atoms with Gasteiger partial charge in [-0.3, -0.25) is 0 Å². The van der Waals surface area contributed by atoms with Gasteiger partial charge >= 0.3 is 10.9 Å². The Morgan fingerprint density at radius 2 is 1.07 bits per heavy atom. The Kier molecular flexibility index (Phi) is 25.2. The Hall–Kier alpha value is -0.640. The maximum atomic E-state index is 9.73. The number of halogens is 2. The number of aliphatic hydroxyl groups is 4. The SMILES string of the molecule is O=C(Cl)OCOC(=O)Cl.OCO.OCO. The van der Waals surface area contributed by atoms with Gasteiger partial charge in [0.25, 0.3) is 0 Å².